The molecule has 4 nitrogen and oxygen atoms in total. The molecule has 1 aliphatic rings. The molecule has 0 unspecified atom stereocenters. The number of fused-ring (bicyclic) bond motifs is 1. The number of nitrogens with zero attached hydrogens (tertiary/aromatic N) is 1. The summed E-state index contributed by atoms with van der Waals surface area (Å²) in [5.41, 5.74) is 0. The highest BCUT2D eigenvalue weighted by molar-refractivity contribution is 7.21. The second-order valence-electron chi connectivity index (χ2n) is 5.23. The van der Waals surface area contributed by atoms with Gasteiger partial charge in [0.25, 0.3) is 5.91 Å². The number of amides is 1. The Morgan fingerprint density at radius 1 is 1.32 bits per heavy atom. The van der Waals surface area contributed by atoms with Crippen molar-refractivity contribution >= 4 is 50.5 Å². The van der Waals surface area contributed by atoms with Crippen LogP contribution >= 0.6 is 34.5 Å². The molecule has 1 aromatic heterocycles. The first-order valence-electron chi connectivity index (χ1n) is 7.24. The van der Waals surface area contributed by atoms with Gasteiger partial charge in [-0.25, -0.2) is 0 Å². The fraction of sp³-hybridized carbons (Fsp3) is 0.400. The molecule has 2 aromatic rings. The summed E-state index contributed by atoms with van der Waals surface area (Å²) in [4.78, 5) is 15.2. The van der Waals surface area contributed by atoms with Gasteiger partial charge in [-0.1, -0.05) is 29.3 Å². The van der Waals surface area contributed by atoms with Crippen LogP contribution in [0.3, 0.4) is 0 Å². The Hall–Kier alpha value is -0.850. The van der Waals surface area contributed by atoms with Crippen LogP contribution in [-0.4, -0.2) is 50.1 Å². The van der Waals surface area contributed by atoms with Gasteiger partial charge in [-0.05, 0) is 12.1 Å². The van der Waals surface area contributed by atoms with E-state index in [1.807, 2.05) is 12.1 Å². The van der Waals surface area contributed by atoms with Gasteiger partial charge >= 0.3 is 0 Å². The van der Waals surface area contributed by atoms with E-state index in [0.717, 1.165) is 42.8 Å². The van der Waals surface area contributed by atoms with E-state index in [4.69, 9.17) is 23.2 Å². The maximum atomic E-state index is 12.3. The number of carbonyl (C=O) groups is 1. The molecule has 22 heavy (non-hydrogen) atoms. The Balaban J connectivity index is 1.63. The molecule has 1 fully saturated rings. The van der Waals surface area contributed by atoms with E-state index in [9.17, 15) is 4.79 Å². The highest BCUT2D eigenvalue weighted by atomic mass is 35.5. The van der Waals surface area contributed by atoms with Crippen molar-refractivity contribution in [2.45, 2.75) is 0 Å². The van der Waals surface area contributed by atoms with Gasteiger partial charge in [0.05, 0.1) is 5.02 Å². The van der Waals surface area contributed by atoms with Gasteiger partial charge in [-0.15, -0.1) is 11.3 Å². The van der Waals surface area contributed by atoms with Crippen LogP contribution in [0.5, 0.6) is 0 Å². The number of thiophene rings is 1. The molecule has 2 N–H and O–H groups in total. The molecular weight excluding hydrogens is 341 g/mol. The van der Waals surface area contributed by atoms with Crippen LogP contribution in [0.15, 0.2) is 18.2 Å². The number of benzene rings is 1. The summed E-state index contributed by atoms with van der Waals surface area (Å²) in [6.07, 6.45) is 0. The molecule has 2 heterocycles. The van der Waals surface area contributed by atoms with E-state index in [-0.39, 0.29) is 5.91 Å². The normalized spacial score (nSPS) is 16.1. The first-order valence-corrected chi connectivity index (χ1v) is 8.81. The average molecular weight is 358 g/mol. The maximum absolute atomic E-state index is 12.3. The molecule has 1 aliphatic heterocycles. The summed E-state index contributed by atoms with van der Waals surface area (Å²) in [7, 11) is 0. The van der Waals surface area contributed by atoms with Crippen LogP contribution in [0.1, 0.15) is 9.67 Å². The zero-order valence-corrected chi connectivity index (χ0v) is 14.3. The third-order valence-corrected chi connectivity index (χ3v) is 5.61. The van der Waals surface area contributed by atoms with Crippen molar-refractivity contribution < 1.29 is 4.79 Å². The summed E-state index contributed by atoms with van der Waals surface area (Å²) in [6.45, 7) is 5.57. The smallest absolute Gasteiger partial charge is 0.262 e. The molecule has 3 rings (SSSR count). The summed E-state index contributed by atoms with van der Waals surface area (Å²) in [5, 5.41) is 8.30. The lowest BCUT2D eigenvalue weighted by Crippen LogP contribution is -2.46. The highest BCUT2D eigenvalue weighted by Crippen LogP contribution is 2.36. The van der Waals surface area contributed by atoms with Gasteiger partial charge in [0.2, 0.25) is 0 Å². The Bertz CT molecular complexity index is 683. The lowest BCUT2D eigenvalue weighted by atomic mass is 10.2. The lowest BCUT2D eigenvalue weighted by Gasteiger charge is -2.27. The van der Waals surface area contributed by atoms with E-state index < -0.39 is 0 Å². The molecule has 0 bridgehead atoms. The number of nitrogens with one attached hydrogen (secondary N) is 2. The zero-order valence-electron chi connectivity index (χ0n) is 12.0. The third-order valence-electron chi connectivity index (χ3n) is 3.72. The van der Waals surface area contributed by atoms with Gasteiger partial charge < -0.3 is 10.6 Å². The molecular formula is C15H17Cl2N3OS. The molecule has 0 atom stereocenters. The molecule has 1 saturated heterocycles. The largest absolute Gasteiger partial charge is 0.350 e. The number of hydrogen-bond acceptors (Lipinski definition) is 4. The molecule has 0 spiro atoms. The summed E-state index contributed by atoms with van der Waals surface area (Å²) >= 11 is 13.7. The summed E-state index contributed by atoms with van der Waals surface area (Å²) in [6, 6.07) is 5.48. The predicted molar refractivity (Wildman–Crippen MR) is 93.5 cm³/mol. The van der Waals surface area contributed by atoms with Gasteiger partial charge in [0.1, 0.15) is 4.88 Å². The minimum absolute atomic E-state index is 0.113. The van der Waals surface area contributed by atoms with Crippen molar-refractivity contribution in [3.8, 4) is 0 Å². The van der Waals surface area contributed by atoms with Gasteiger partial charge in [-0.2, -0.15) is 0 Å². The summed E-state index contributed by atoms with van der Waals surface area (Å²) < 4.78 is 0.935. The Morgan fingerprint density at radius 2 is 2.09 bits per heavy atom. The fourth-order valence-electron chi connectivity index (χ4n) is 2.53. The monoisotopic (exact) mass is 357 g/mol. The standard InChI is InChI=1S/C15H17Cl2N3OS/c16-10-1-2-11-12(9-10)22-14(13(11)17)15(21)19-5-8-20-6-3-18-4-7-20/h1-2,9,18H,3-8H2,(H,19,21). The maximum Gasteiger partial charge on any atom is 0.262 e. The van der Waals surface area contributed by atoms with Crippen molar-refractivity contribution in [1.82, 2.24) is 15.5 Å². The van der Waals surface area contributed by atoms with Crippen molar-refractivity contribution in [2.75, 3.05) is 39.3 Å². The molecule has 118 valence electrons. The number of piperazine rings is 1. The first-order chi connectivity index (χ1) is 10.6. The van der Waals surface area contributed by atoms with Crippen LogP contribution < -0.4 is 10.6 Å². The van der Waals surface area contributed by atoms with Crippen molar-refractivity contribution in [2.24, 2.45) is 0 Å². The topological polar surface area (TPSA) is 44.4 Å². The van der Waals surface area contributed by atoms with Crippen LogP contribution in [0.25, 0.3) is 10.1 Å². The predicted octanol–water partition coefficient (Wildman–Crippen LogP) is 2.84. The second-order valence-corrected chi connectivity index (χ2v) is 7.10. The number of halogens is 2. The van der Waals surface area contributed by atoms with Crippen molar-refractivity contribution in [1.29, 1.82) is 0 Å². The molecule has 0 saturated carbocycles. The first kappa shape index (κ1) is 16.0. The van der Waals surface area contributed by atoms with Crippen LogP contribution in [0.2, 0.25) is 10.0 Å². The fourth-order valence-corrected chi connectivity index (χ4v) is 4.24. The zero-order chi connectivity index (χ0) is 15.5. The van der Waals surface area contributed by atoms with Crippen molar-refractivity contribution in [3.63, 3.8) is 0 Å². The number of hydrogen-bond donors (Lipinski definition) is 2. The van der Waals surface area contributed by atoms with E-state index >= 15 is 0 Å². The minimum atomic E-state index is -0.113. The van der Waals surface area contributed by atoms with Gasteiger partial charge in [-0.3, -0.25) is 9.69 Å². The van der Waals surface area contributed by atoms with E-state index in [1.165, 1.54) is 11.3 Å². The Labute approximate surface area is 143 Å². The Kier molecular flexibility index (Phi) is 5.21. The highest BCUT2D eigenvalue weighted by Gasteiger charge is 2.17. The van der Waals surface area contributed by atoms with E-state index in [0.29, 0.717) is 21.5 Å². The molecule has 0 aliphatic carbocycles. The Morgan fingerprint density at radius 3 is 2.86 bits per heavy atom. The van der Waals surface area contributed by atoms with E-state index in [1.54, 1.807) is 6.07 Å². The third kappa shape index (κ3) is 3.55. The van der Waals surface area contributed by atoms with Gasteiger partial charge in [0, 0.05) is 54.4 Å². The number of rotatable bonds is 4. The molecule has 1 amide bonds. The SMILES string of the molecule is O=C(NCCN1CCNCC1)c1sc2cc(Cl)ccc2c1Cl. The van der Waals surface area contributed by atoms with Crippen LogP contribution in [0, 0.1) is 0 Å². The van der Waals surface area contributed by atoms with Crippen LogP contribution in [0.4, 0.5) is 0 Å². The molecule has 0 radical (unpaired) electrons. The minimum Gasteiger partial charge on any atom is -0.350 e. The molecule has 7 heteroatoms. The molecule has 1 aromatic carbocycles. The van der Waals surface area contributed by atoms with Gasteiger partial charge in [0.15, 0.2) is 0 Å². The lowest BCUT2D eigenvalue weighted by molar-refractivity contribution is 0.0951. The summed E-state index contributed by atoms with van der Waals surface area (Å²) in [5.74, 6) is -0.113. The van der Waals surface area contributed by atoms with E-state index in [2.05, 4.69) is 15.5 Å². The average Bonchev–Trinajstić information content (AvgIpc) is 2.84. The second kappa shape index (κ2) is 7.15. The quantitative estimate of drug-likeness (QED) is 0.884. The van der Waals surface area contributed by atoms with Crippen LogP contribution in [-0.2, 0) is 0 Å². The number of carbonyl (C=O) groups excluding carboxylic acids is 1. The van der Waals surface area contributed by atoms with Crippen molar-refractivity contribution in [3.05, 3.63) is 33.1 Å².